The van der Waals surface area contributed by atoms with Gasteiger partial charge in [-0.2, -0.15) is 4.31 Å². The molecule has 2 aliphatic heterocycles. The van der Waals surface area contributed by atoms with Crippen LogP contribution in [-0.2, 0) is 14.8 Å². The molecule has 0 aliphatic carbocycles. The van der Waals surface area contributed by atoms with Gasteiger partial charge in [0.1, 0.15) is 11.9 Å². The molecule has 2 fully saturated rings. The Labute approximate surface area is 141 Å². The van der Waals surface area contributed by atoms with Crippen LogP contribution in [0.5, 0.6) is 0 Å². The van der Waals surface area contributed by atoms with Crippen molar-refractivity contribution in [3.63, 3.8) is 0 Å². The first kappa shape index (κ1) is 17.3. The number of piperazine rings is 1. The number of nitrogens with zero attached hydrogens (tertiary/aromatic N) is 3. The SMILES string of the molecule is C[C@H]1C(=O)N2C[C@@H](N(C)C)C[C@H]2CN1S(=O)(=O)c1ccc(F)cc1. The van der Waals surface area contributed by atoms with Crippen LogP contribution >= 0.6 is 0 Å². The van der Waals surface area contributed by atoms with Gasteiger partial charge in [0.25, 0.3) is 0 Å². The Morgan fingerprint density at radius 3 is 2.38 bits per heavy atom. The van der Waals surface area contributed by atoms with Crippen LogP contribution in [0.1, 0.15) is 13.3 Å². The monoisotopic (exact) mass is 355 g/mol. The lowest BCUT2D eigenvalue weighted by Crippen LogP contribution is -2.59. The topological polar surface area (TPSA) is 60.9 Å². The van der Waals surface area contributed by atoms with Gasteiger partial charge in [0.05, 0.1) is 4.90 Å². The van der Waals surface area contributed by atoms with Gasteiger partial charge in [-0.3, -0.25) is 4.79 Å². The molecule has 3 atom stereocenters. The second-order valence-corrected chi connectivity index (χ2v) is 8.59. The average Bonchev–Trinajstić information content (AvgIpc) is 2.96. The van der Waals surface area contributed by atoms with E-state index in [4.69, 9.17) is 0 Å². The summed E-state index contributed by atoms with van der Waals surface area (Å²) in [6.07, 6.45) is 0.751. The number of hydrogen-bond acceptors (Lipinski definition) is 4. The number of likely N-dealkylation sites (N-methyl/N-ethyl adjacent to an activating group) is 1. The standard InChI is InChI=1S/C16H22FN3O3S/c1-11-16(21)19-9-13(18(2)3)8-14(19)10-20(11)24(22,23)15-6-4-12(17)5-7-15/h4-7,11,13-14H,8-10H2,1-3H3/t11-,13-,14-/m0/s1. The molecule has 0 radical (unpaired) electrons. The van der Waals surface area contributed by atoms with E-state index < -0.39 is 21.9 Å². The number of sulfonamides is 1. The Hall–Kier alpha value is -1.51. The molecule has 1 aromatic rings. The third kappa shape index (κ3) is 2.82. The van der Waals surface area contributed by atoms with E-state index in [0.29, 0.717) is 6.54 Å². The molecule has 0 saturated carbocycles. The van der Waals surface area contributed by atoms with E-state index in [1.165, 1.54) is 16.4 Å². The second-order valence-electron chi connectivity index (χ2n) is 6.70. The molecule has 2 heterocycles. The van der Waals surface area contributed by atoms with Gasteiger partial charge in [-0.1, -0.05) is 0 Å². The summed E-state index contributed by atoms with van der Waals surface area (Å²) in [6.45, 7) is 2.52. The van der Waals surface area contributed by atoms with Crippen LogP contribution in [-0.4, -0.2) is 73.7 Å². The van der Waals surface area contributed by atoms with E-state index in [2.05, 4.69) is 4.90 Å². The number of fused-ring (bicyclic) bond motifs is 1. The molecule has 3 rings (SSSR count). The van der Waals surface area contributed by atoms with Crippen molar-refractivity contribution in [3.8, 4) is 0 Å². The van der Waals surface area contributed by atoms with Crippen LogP contribution in [0.4, 0.5) is 4.39 Å². The number of carbonyl (C=O) groups is 1. The van der Waals surface area contributed by atoms with Crippen LogP contribution in [0.25, 0.3) is 0 Å². The summed E-state index contributed by atoms with van der Waals surface area (Å²) < 4.78 is 40.1. The Bertz CT molecular complexity index is 735. The predicted molar refractivity (Wildman–Crippen MR) is 87.3 cm³/mol. The van der Waals surface area contributed by atoms with Gasteiger partial charge in [0.2, 0.25) is 15.9 Å². The van der Waals surface area contributed by atoms with Crippen molar-refractivity contribution in [3.05, 3.63) is 30.1 Å². The molecule has 8 heteroatoms. The summed E-state index contributed by atoms with van der Waals surface area (Å²) >= 11 is 0. The Kier molecular flexibility index (Phi) is 4.39. The van der Waals surface area contributed by atoms with E-state index in [0.717, 1.165) is 18.6 Å². The molecule has 1 amide bonds. The number of amides is 1. The van der Waals surface area contributed by atoms with Gasteiger partial charge in [-0.15, -0.1) is 0 Å². The van der Waals surface area contributed by atoms with Crippen molar-refractivity contribution in [1.29, 1.82) is 0 Å². The highest BCUT2D eigenvalue weighted by Crippen LogP contribution is 2.31. The van der Waals surface area contributed by atoms with Crippen LogP contribution in [0, 0.1) is 5.82 Å². The van der Waals surface area contributed by atoms with Crippen molar-refractivity contribution < 1.29 is 17.6 Å². The fourth-order valence-corrected chi connectivity index (χ4v) is 5.11. The molecule has 1 aromatic carbocycles. The van der Waals surface area contributed by atoms with Crippen LogP contribution < -0.4 is 0 Å². The quantitative estimate of drug-likeness (QED) is 0.803. The first-order chi connectivity index (χ1) is 11.2. The maximum atomic E-state index is 13.1. The van der Waals surface area contributed by atoms with Crippen LogP contribution in [0.15, 0.2) is 29.2 Å². The van der Waals surface area contributed by atoms with E-state index in [-0.39, 0.29) is 29.4 Å². The van der Waals surface area contributed by atoms with Gasteiger partial charge >= 0.3 is 0 Å². The highest BCUT2D eigenvalue weighted by atomic mass is 32.2. The zero-order chi connectivity index (χ0) is 17.6. The molecule has 0 unspecified atom stereocenters. The molecular formula is C16H22FN3O3S. The van der Waals surface area contributed by atoms with Gasteiger partial charge in [-0.25, -0.2) is 12.8 Å². The predicted octanol–water partition coefficient (Wildman–Crippen LogP) is 0.750. The molecule has 0 spiro atoms. The number of benzene rings is 1. The third-order valence-corrected chi connectivity index (χ3v) is 6.96. The normalized spacial score (nSPS) is 28.5. The highest BCUT2D eigenvalue weighted by molar-refractivity contribution is 7.89. The summed E-state index contributed by atoms with van der Waals surface area (Å²) in [4.78, 5) is 16.5. The lowest BCUT2D eigenvalue weighted by atomic mass is 10.1. The minimum absolute atomic E-state index is 0.0131. The van der Waals surface area contributed by atoms with E-state index in [1.54, 1.807) is 11.8 Å². The summed E-state index contributed by atoms with van der Waals surface area (Å²) in [5.41, 5.74) is 0. The molecule has 132 valence electrons. The Morgan fingerprint density at radius 1 is 1.17 bits per heavy atom. The minimum Gasteiger partial charge on any atom is -0.335 e. The van der Waals surface area contributed by atoms with E-state index in [9.17, 15) is 17.6 Å². The summed E-state index contributed by atoms with van der Waals surface area (Å²) in [5, 5.41) is 0. The molecular weight excluding hydrogens is 333 g/mol. The lowest BCUT2D eigenvalue weighted by molar-refractivity contribution is -0.139. The minimum atomic E-state index is -3.83. The van der Waals surface area contributed by atoms with Gasteiger partial charge in [0.15, 0.2) is 0 Å². The average molecular weight is 355 g/mol. The lowest BCUT2D eigenvalue weighted by Gasteiger charge is -2.40. The van der Waals surface area contributed by atoms with Crippen LogP contribution in [0.2, 0.25) is 0 Å². The first-order valence-corrected chi connectivity index (χ1v) is 9.40. The number of rotatable bonds is 3. The van der Waals surface area contributed by atoms with Crippen molar-refractivity contribution >= 4 is 15.9 Å². The van der Waals surface area contributed by atoms with E-state index >= 15 is 0 Å². The van der Waals surface area contributed by atoms with Gasteiger partial charge in [-0.05, 0) is 51.7 Å². The summed E-state index contributed by atoms with van der Waals surface area (Å²) in [6, 6.07) is 4.09. The molecule has 24 heavy (non-hydrogen) atoms. The van der Waals surface area contributed by atoms with Crippen LogP contribution in [0.3, 0.4) is 0 Å². The van der Waals surface area contributed by atoms with Crippen molar-refractivity contribution in [2.75, 3.05) is 27.2 Å². The van der Waals surface area contributed by atoms with Gasteiger partial charge < -0.3 is 9.80 Å². The maximum Gasteiger partial charge on any atom is 0.243 e. The third-order valence-electron chi connectivity index (χ3n) is 5.01. The smallest absolute Gasteiger partial charge is 0.243 e. The van der Waals surface area contributed by atoms with Crippen molar-refractivity contribution in [2.45, 2.75) is 36.4 Å². The Morgan fingerprint density at radius 2 is 1.79 bits per heavy atom. The highest BCUT2D eigenvalue weighted by Gasteiger charge is 2.47. The molecule has 6 nitrogen and oxygen atoms in total. The van der Waals surface area contributed by atoms with Crippen molar-refractivity contribution in [1.82, 2.24) is 14.1 Å². The van der Waals surface area contributed by atoms with Crippen molar-refractivity contribution in [2.24, 2.45) is 0 Å². The zero-order valence-electron chi connectivity index (χ0n) is 14.0. The van der Waals surface area contributed by atoms with Gasteiger partial charge in [0, 0.05) is 25.2 Å². The second kappa shape index (κ2) is 6.09. The molecule has 0 N–H and O–H groups in total. The maximum absolute atomic E-state index is 13.1. The number of halogens is 1. The molecule has 2 saturated heterocycles. The zero-order valence-corrected chi connectivity index (χ0v) is 14.8. The molecule has 0 aromatic heterocycles. The number of hydrogen-bond donors (Lipinski definition) is 0. The Balaban J connectivity index is 1.89. The summed E-state index contributed by atoms with van der Waals surface area (Å²) in [7, 11) is 0.0930. The number of carbonyl (C=O) groups excluding carboxylic acids is 1. The summed E-state index contributed by atoms with van der Waals surface area (Å²) in [5.74, 6) is -0.659. The fourth-order valence-electron chi connectivity index (χ4n) is 3.49. The first-order valence-electron chi connectivity index (χ1n) is 7.96. The molecule has 0 bridgehead atoms. The molecule has 2 aliphatic rings. The largest absolute Gasteiger partial charge is 0.335 e. The fraction of sp³-hybridized carbons (Fsp3) is 0.562. The van der Waals surface area contributed by atoms with E-state index in [1.807, 2.05) is 14.1 Å².